The zero-order chi connectivity index (χ0) is 13.9. The van der Waals surface area contributed by atoms with Crippen molar-refractivity contribution in [2.24, 2.45) is 0 Å². The van der Waals surface area contributed by atoms with Crippen LogP contribution in [0.1, 0.15) is 19.4 Å². The Morgan fingerprint density at radius 3 is 2.74 bits per heavy atom. The van der Waals surface area contributed by atoms with Gasteiger partial charge in [0.05, 0.1) is 18.8 Å². The molecule has 0 saturated carbocycles. The van der Waals surface area contributed by atoms with Crippen molar-refractivity contribution < 1.29 is 13.9 Å². The highest BCUT2D eigenvalue weighted by molar-refractivity contribution is 5.74. The Balaban J connectivity index is 1.85. The van der Waals surface area contributed by atoms with Crippen molar-refractivity contribution in [2.45, 2.75) is 26.0 Å². The zero-order valence-electron chi connectivity index (χ0n) is 11.3. The molecule has 0 atom stereocenters. The minimum atomic E-state index is -0.300. The fourth-order valence-electron chi connectivity index (χ4n) is 2.08. The lowest BCUT2D eigenvalue weighted by molar-refractivity contribution is -0.0733. The fraction of sp³-hybridized carbons (Fsp3) is 0.500. The van der Waals surface area contributed by atoms with Crippen LogP contribution in [-0.2, 0) is 11.3 Å². The number of urea groups is 1. The van der Waals surface area contributed by atoms with Crippen molar-refractivity contribution in [1.29, 1.82) is 0 Å². The fourth-order valence-corrected chi connectivity index (χ4v) is 2.08. The summed E-state index contributed by atoms with van der Waals surface area (Å²) in [6.45, 7) is 6.05. The summed E-state index contributed by atoms with van der Waals surface area (Å²) in [7, 11) is 0. The normalized spacial score (nSPS) is 18.2. The number of nitrogens with zero attached hydrogens (tertiary/aromatic N) is 1. The summed E-state index contributed by atoms with van der Waals surface area (Å²) in [6.07, 6.45) is 0. The maximum absolute atomic E-state index is 12.8. The van der Waals surface area contributed by atoms with Gasteiger partial charge in [0.1, 0.15) is 5.82 Å². The predicted octanol–water partition coefficient (Wildman–Crippen LogP) is 2.15. The van der Waals surface area contributed by atoms with Crippen LogP contribution in [0.25, 0.3) is 0 Å². The Labute approximate surface area is 112 Å². The van der Waals surface area contributed by atoms with Crippen LogP contribution < -0.4 is 5.32 Å². The number of rotatable bonds is 2. The van der Waals surface area contributed by atoms with E-state index >= 15 is 0 Å². The summed E-state index contributed by atoms with van der Waals surface area (Å²) in [4.78, 5) is 13.8. The molecule has 1 saturated heterocycles. The van der Waals surface area contributed by atoms with E-state index in [-0.39, 0.29) is 17.4 Å². The molecule has 0 bridgehead atoms. The highest BCUT2D eigenvalue weighted by Crippen LogP contribution is 2.16. The third-order valence-electron chi connectivity index (χ3n) is 3.07. The van der Waals surface area contributed by atoms with Crippen molar-refractivity contribution in [3.8, 4) is 0 Å². The molecule has 1 fully saturated rings. The molecule has 1 aliphatic heterocycles. The van der Waals surface area contributed by atoms with Crippen molar-refractivity contribution in [2.75, 3.05) is 19.7 Å². The summed E-state index contributed by atoms with van der Waals surface area (Å²) in [5, 5.41) is 2.83. The molecule has 4 nitrogen and oxygen atoms in total. The second-order valence-electron chi connectivity index (χ2n) is 5.31. The smallest absolute Gasteiger partial charge is 0.317 e. The van der Waals surface area contributed by atoms with Gasteiger partial charge < -0.3 is 15.0 Å². The van der Waals surface area contributed by atoms with Crippen LogP contribution in [0.5, 0.6) is 0 Å². The number of ether oxygens (including phenoxy) is 1. The lowest BCUT2D eigenvalue weighted by Crippen LogP contribution is -2.53. The van der Waals surface area contributed by atoms with Crippen LogP contribution in [-0.4, -0.2) is 36.2 Å². The Morgan fingerprint density at radius 1 is 1.42 bits per heavy atom. The lowest BCUT2D eigenvalue weighted by Gasteiger charge is -2.38. The molecule has 0 spiro atoms. The second-order valence-corrected chi connectivity index (χ2v) is 5.31. The van der Waals surface area contributed by atoms with E-state index in [2.05, 4.69) is 5.32 Å². The summed E-state index contributed by atoms with van der Waals surface area (Å²) in [6, 6.07) is 6.00. The van der Waals surface area contributed by atoms with E-state index < -0.39 is 0 Å². The average molecular weight is 266 g/mol. The van der Waals surface area contributed by atoms with Gasteiger partial charge in [-0.3, -0.25) is 0 Å². The van der Waals surface area contributed by atoms with Crippen molar-refractivity contribution in [3.63, 3.8) is 0 Å². The van der Waals surface area contributed by atoms with Crippen molar-refractivity contribution >= 4 is 6.03 Å². The quantitative estimate of drug-likeness (QED) is 0.891. The van der Waals surface area contributed by atoms with E-state index in [0.717, 1.165) is 5.56 Å². The van der Waals surface area contributed by atoms with Gasteiger partial charge in [-0.15, -0.1) is 0 Å². The number of carbonyl (C=O) groups is 1. The van der Waals surface area contributed by atoms with Gasteiger partial charge in [-0.1, -0.05) is 12.1 Å². The maximum atomic E-state index is 12.8. The van der Waals surface area contributed by atoms with E-state index in [1.54, 1.807) is 17.0 Å². The summed E-state index contributed by atoms with van der Waals surface area (Å²) in [5.41, 5.74) is 0.577. The van der Waals surface area contributed by atoms with Crippen molar-refractivity contribution in [1.82, 2.24) is 10.2 Å². The average Bonchev–Trinajstić information content (AvgIpc) is 2.36. The number of amides is 2. The molecule has 104 valence electrons. The van der Waals surface area contributed by atoms with E-state index in [4.69, 9.17) is 4.74 Å². The number of benzene rings is 1. The first-order valence-corrected chi connectivity index (χ1v) is 6.37. The van der Waals surface area contributed by atoms with Gasteiger partial charge >= 0.3 is 6.03 Å². The minimum absolute atomic E-state index is 0.110. The van der Waals surface area contributed by atoms with Crippen LogP contribution in [0.15, 0.2) is 24.3 Å². The van der Waals surface area contributed by atoms with Gasteiger partial charge in [0.2, 0.25) is 0 Å². The largest absolute Gasteiger partial charge is 0.372 e. The standard InChI is InChI=1S/C14H19FN2O2/c1-14(2)10-17(7-8-19-14)13(18)16-9-11-3-5-12(15)6-4-11/h3-6H,7-10H2,1-2H3,(H,16,18). The van der Waals surface area contributed by atoms with E-state index in [1.807, 2.05) is 13.8 Å². The molecule has 1 N–H and O–H groups in total. The Morgan fingerprint density at radius 2 is 2.11 bits per heavy atom. The second kappa shape index (κ2) is 5.57. The Kier molecular flexibility index (Phi) is 4.04. The van der Waals surface area contributed by atoms with Gasteiger partial charge in [-0.25, -0.2) is 9.18 Å². The van der Waals surface area contributed by atoms with E-state index in [9.17, 15) is 9.18 Å². The highest BCUT2D eigenvalue weighted by Gasteiger charge is 2.29. The number of morpholine rings is 1. The SMILES string of the molecule is CC1(C)CN(C(=O)NCc2ccc(F)cc2)CCO1. The topological polar surface area (TPSA) is 41.6 Å². The molecule has 1 heterocycles. The highest BCUT2D eigenvalue weighted by atomic mass is 19.1. The number of hydrogen-bond donors (Lipinski definition) is 1. The molecular weight excluding hydrogens is 247 g/mol. The molecule has 1 aliphatic rings. The molecule has 0 radical (unpaired) electrons. The molecule has 5 heteroatoms. The third-order valence-corrected chi connectivity index (χ3v) is 3.07. The van der Waals surface area contributed by atoms with E-state index in [0.29, 0.717) is 26.2 Å². The molecule has 1 aromatic rings. The Hall–Kier alpha value is -1.62. The molecule has 0 unspecified atom stereocenters. The van der Waals surface area contributed by atoms with Crippen LogP contribution >= 0.6 is 0 Å². The molecule has 0 aromatic heterocycles. The molecule has 2 amide bonds. The number of nitrogens with one attached hydrogen (secondary N) is 1. The first kappa shape index (κ1) is 13.8. The van der Waals surface area contributed by atoms with Crippen LogP contribution in [0.4, 0.5) is 9.18 Å². The Bertz CT molecular complexity index is 445. The van der Waals surface area contributed by atoms with Gasteiger partial charge in [-0.2, -0.15) is 0 Å². The van der Waals surface area contributed by atoms with Gasteiger partial charge in [0, 0.05) is 13.1 Å². The maximum Gasteiger partial charge on any atom is 0.317 e. The van der Waals surface area contributed by atoms with Gasteiger partial charge in [0.15, 0.2) is 0 Å². The monoisotopic (exact) mass is 266 g/mol. The molecular formula is C14H19FN2O2. The number of hydrogen-bond acceptors (Lipinski definition) is 2. The number of halogens is 1. The van der Waals surface area contributed by atoms with Crippen LogP contribution in [0, 0.1) is 5.82 Å². The van der Waals surface area contributed by atoms with Crippen molar-refractivity contribution in [3.05, 3.63) is 35.6 Å². The zero-order valence-corrected chi connectivity index (χ0v) is 11.3. The minimum Gasteiger partial charge on any atom is -0.372 e. The molecule has 0 aliphatic carbocycles. The summed E-state index contributed by atoms with van der Waals surface area (Å²) < 4.78 is 18.3. The van der Waals surface area contributed by atoms with Crippen LogP contribution in [0.3, 0.4) is 0 Å². The first-order chi connectivity index (χ1) is 8.96. The predicted molar refractivity (Wildman–Crippen MR) is 70.2 cm³/mol. The molecule has 2 rings (SSSR count). The molecule has 1 aromatic carbocycles. The summed E-state index contributed by atoms with van der Waals surface area (Å²) >= 11 is 0. The van der Waals surface area contributed by atoms with Gasteiger partial charge in [-0.05, 0) is 31.5 Å². The molecule has 19 heavy (non-hydrogen) atoms. The summed E-state index contributed by atoms with van der Waals surface area (Å²) in [5.74, 6) is -0.273. The number of carbonyl (C=O) groups excluding carboxylic acids is 1. The third kappa shape index (κ3) is 3.92. The lowest BCUT2D eigenvalue weighted by atomic mass is 10.1. The van der Waals surface area contributed by atoms with Gasteiger partial charge in [0.25, 0.3) is 0 Å². The van der Waals surface area contributed by atoms with E-state index in [1.165, 1.54) is 12.1 Å². The van der Waals surface area contributed by atoms with Crippen LogP contribution in [0.2, 0.25) is 0 Å². The first-order valence-electron chi connectivity index (χ1n) is 6.37.